The summed E-state index contributed by atoms with van der Waals surface area (Å²) in [7, 11) is 0. The van der Waals surface area contributed by atoms with Gasteiger partial charge in [0.25, 0.3) is 11.5 Å². The Balaban J connectivity index is 2.14. The van der Waals surface area contributed by atoms with Crippen LogP contribution in [0, 0.1) is 0 Å². The molecule has 134 valence electrons. The number of aliphatic hydroxyl groups is 1. The number of hydrogen-bond acceptors (Lipinski definition) is 4. The highest BCUT2D eigenvalue weighted by molar-refractivity contribution is 5.92. The molecule has 25 heavy (non-hydrogen) atoms. The monoisotopic (exact) mass is 343 g/mol. The van der Waals surface area contributed by atoms with E-state index in [1.807, 2.05) is 31.2 Å². The highest BCUT2D eigenvalue weighted by atomic mass is 16.3. The van der Waals surface area contributed by atoms with Gasteiger partial charge in [0.15, 0.2) is 0 Å². The molecule has 1 heterocycles. The predicted octanol–water partition coefficient (Wildman–Crippen LogP) is 2.07. The number of hydrogen-bond donors (Lipinski definition) is 2. The largest absolute Gasteiger partial charge is 0.394 e. The number of rotatable bonds is 8. The first kappa shape index (κ1) is 18.9. The van der Waals surface area contributed by atoms with E-state index in [4.69, 9.17) is 0 Å². The molecule has 6 nitrogen and oxygen atoms in total. The molecule has 1 aromatic carbocycles. The summed E-state index contributed by atoms with van der Waals surface area (Å²) in [6, 6.07) is 10.00. The van der Waals surface area contributed by atoms with E-state index in [0.717, 1.165) is 24.8 Å². The number of unbranched alkanes of at least 4 members (excludes halogenated alkanes) is 1. The minimum Gasteiger partial charge on any atom is -0.394 e. The third-order valence-electron chi connectivity index (χ3n) is 4.10. The second-order valence-electron chi connectivity index (χ2n) is 5.94. The van der Waals surface area contributed by atoms with Crippen molar-refractivity contribution in [3.05, 3.63) is 63.6 Å². The minimum absolute atomic E-state index is 0.166. The van der Waals surface area contributed by atoms with Crippen LogP contribution < -0.4 is 10.9 Å². The van der Waals surface area contributed by atoms with Gasteiger partial charge in [-0.25, -0.2) is 4.68 Å². The maximum Gasteiger partial charge on any atom is 0.272 e. The van der Waals surface area contributed by atoms with E-state index in [1.54, 1.807) is 0 Å². The van der Waals surface area contributed by atoms with Gasteiger partial charge in [-0.15, -0.1) is 0 Å². The van der Waals surface area contributed by atoms with Gasteiger partial charge >= 0.3 is 0 Å². The molecule has 0 radical (unpaired) electrons. The van der Waals surface area contributed by atoms with E-state index in [2.05, 4.69) is 17.3 Å². The first-order valence-electron chi connectivity index (χ1n) is 8.67. The number of nitrogens with one attached hydrogen (secondary N) is 1. The maximum absolute atomic E-state index is 12.4. The van der Waals surface area contributed by atoms with Gasteiger partial charge in [-0.05, 0) is 30.0 Å². The lowest BCUT2D eigenvalue weighted by Crippen LogP contribution is -2.33. The first-order chi connectivity index (χ1) is 12.1. The van der Waals surface area contributed by atoms with Crippen LogP contribution in [0.15, 0.2) is 41.2 Å². The lowest BCUT2D eigenvalue weighted by atomic mass is 10.0. The summed E-state index contributed by atoms with van der Waals surface area (Å²) in [5, 5.41) is 16.5. The fraction of sp³-hybridized carbons (Fsp3) is 0.421. The van der Waals surface area contributed by atoms with Crippen molar-refractivity contribution in [1.29, 1.82) is 0 Å². The van der Waals surface area contributed by atoms with Crippen LogP contribution in [-0.4, -0.2) is 27.4 Å². The van der Waals surface area contributed by atoms with Gasteiger partial charge in [-0.3, -0.25) is 9.59 Å². The zero-order valence-corrected chi connectivity index (χ0v) is 14.7. The highest BCUT2D eigenvalue weighted by Crippen LogP contribution is 2.14. The van der Waals surface area contributed by atoms with Crippen molar-refractivity contribution in [2.75, 3.05) is 6.61 Å². The Labute approximate surface area is 147 Å². The Hall–Kier alpha value is -2.47. The second kappa shape index (κ2) is 9.13. The van der Waals surface area contributed by atoms with Gasteiger partial charge in [-0.2, -0.15) is 5.10 Å². The lowest BCUT2D eigenvalue weighted by Gasteiger charge is -2.17. The molecule has 0 spiro atoms. The number of benzene rings is 1. The number of carbonyl (C=O) groups is 1. The molecule has 0 aliphatic carbocycles. The molecule has 2 rings (SSSR count). The van der Waals surface area contributed by atoms with Crippen LogP contribution in [0.3, 0.4) is 0 Å². The zero-order valence-electron chi connectivity index (χ0n) is 14.7. The van der Waals surface area contributed by atoms with E-state index < -0.39 is 11.9 Å². The molecule has 0 fully saturated rings. The van der Waals surface area contributed by atoms with Crippen LogP contribution >= 0.6 is 0 Å². The van der Waals surface area contributed by atoms with E-state index in [0.29, 0.717) is 6.54 Å². The van der Waals surface area contributed by atoms with Gasteiger partial charge in [0, 0.05) is 12.6 Å². The van der Waals surface area contributed by atoms with Gasteiger partial charge < -0.3 is 10.4 Å². The van der Waals surface area contributed by atoms with Crippen molar-refractivity contribution in [1.82, 2.24) is 15.1 Å². The van der Waals surface area contributed by atoms with Gasteiger partial charge in [-0.1, -0.05) is 44.5 Å². The fourth-order valence-electron chi connectivity index (χ4n) is 2.49. The summed E-state index contributed by atoms with van der Waals surface area (Å²) in [6.07, 6.45) is 2.69. The molecule has 1 unspecified atom stereocenters. The van der Waals surface area contributed by atoms with Crippen LogP contribution in [-0.2, 0) is 13.0 Å². The van der Waals surface area contributed by atoms with Crippen LogP contribution in [0.5, 0.6) is 0 Å². The molecule has 1 aromatic heterocycles. The summed E-state index contributed by atoms with van der Waals surface area (Å²) in [5.74, 6) is -0.413. The number of amides is 1. The summed E-state index contributed by atoms with van der Waals surface area (Å²) < 4.78 is 1.31. The summed E-state index contributed by atoms with van der Waals surface area (Å²) in [5.41, 5.74) is 1.96. The molecular weight excluding hydrogens is 318 g/mol. The SMILES string of the molecule is CCCCn1nc(C(=O)NC(CO)c2ccc(CC)cc2)ccc1=O. The smallest absolute Gasteiger partial charge is 0.272 e. The normalized spacial score (nSPS) is 12.0. The van der Waals surface area contributed by atoms with Crippen molar-refractivity contribution in [2.24, 2.45) is 0 Å². The average molecular weight is 343 g/mol. The third-order valence-corrected chi connectivity index (χ3v) is 4.10. The van der Waals surface area contributed by atoms with Crippen LogP contribution in [0.1, 0.15) is 54.3 Å². The highest BCUT2D eigenvalue weighted by Gasteiger charge is 2.16. The molecule has 0 aliphatic rings. The third kappa shape index (κ3) is 5.00. The Morgan fingerprint density at radius 2 is 1.92 bits per heavy atom. The van der Waals surface area contributed by atoms with Gasteiger partial charge in [0.05, 0.1) is 12.6 Å². The Morgan fingerprint density at radius 3 is 2.52 bits per heavy atom. The second-order valence-corrected chi connectivity index (χ2v) is 5.94. The average Bonchev–Trinajstić information content (AvgIpc) is 2.65. The number of aromatic nitrogens is 2. The topological polar surface area (TPSA) is 84.2 Å². The first-order valence-corrected chi connectivity index (χ1v) is 8.67. The molecule has 1 atom stereocenters. The standard InChI is InChI=1S/C19H25N3O3/c1-3-5-12-22-18(24)11-10-16(21-22)19(25)20-17(13-23)15-8-6-14(4-2)7-9-15/h6-11,17,23H,3-5,12-13H2,1-2H3,(H,20,25). The fourth-order valence-corrected chi connectivity index (χ4v) is 2.49. The molecule has 0 saturated carbocycles. The minimum atomic E-state index is -0.517. The van der Waals surface area contributed by atoms with Gasteiger partial charge in [0.1, 0.15) is 5.69 Å². The number of nitrogens with zero attached hydrogens (tertiary/aromatic N) is 2. The number of aryl methyl sites for hydroxylation is 2. The van der Waals surface area contributed by atoms with E-state index in [1.165, 1.54) is 22.4 Å². The Morgan fingerprint density at radius 1 is 1.20 bits per heavy atom. The number of carbonyl (C=O) groups excluding carboxylic acids is 1. The molecule has 6 heteroatoms. The van der Waals surface area contributed by atoms with Crippen molar-refractivity contribution in [2.45, 2.75) is 45.7 Å². The van der Waals surface area contributed by atoms with Gasteiger partial charge in [0.2, 0.25) is 0 Å². The van der Waals surface area contributed by atoms with E-state index in [9.17, 15) is 14.7 Å². The molecule has 0 bridgehead atoms. The van der Waals surface area contributed by atoms with Crippen molar-refractivity contribution in [3.63, 3.8) is 0 Å². The Kier molecular flexibility index (Phi) is 6.89. The summed E-state index contributed by atoms with van der Waals surface area (Å²) >= 11 is 0. The molecule has 0 saturated heterocycles. The molecule has 2 N–H and O–H groups in total. The predicted molar refractivity (Wildman–Crippen MR) is 96.5 cm³/mol. The maximum atomic E-state index is 12.4. The quantitative estimate of drug-likeness (QED) is 0.768. The molecule has 1 amide bonds. The molecule has 0 aliphatic heterocycles. The Bertz CT molecular complexity index is 753. The van der Waals surface area contributed by atoms with Crippen LogP contribution in [0.2, 0.25) is 0 Å². The molecular formula is C19H25N3O3. The van der Waals surface area contributed by atoms with E-state index in [-0.39, 0.29) is 17.9 Å². The van der Waals surface area contributed by atoms with E-state index >= 15 is 0 Å². The van der Waals surface area contributed by atoms with Crippen molar-refractivity contribution in [3.8, 4) is 0 Å². The van der Waals surface area contributed by atoms with Crippen LogP contribution in [0.4, 0.5) is 0 Å². The van der Waals surface area contributed by atoms with Crippen molar-refractivity contribution >= 4 is 5.91 Å². The zero-order chi connectivity index (χ0) is 18.2. The van der Waals surface area contributed by atoms with Crippen molar-refractivity contribution < 1.29 is 9.90 Å². The number of aliphatic hydroxyl groups excluding tert-OH is 1. The summed E-state index contributed by atoms with van der Waals surface area (Å²) in [4.78, 5) is 24.2. The molecule has 2 aromatic rings. The van der Waals surface area contributed by atoms with Crippen LogP contribution in [0.25, 0.3) is 0 Å². The lowest BCUT2D eigenvalue weighted by molar-refractivity contribution is 0.0908. The summed E-state index contributed by atoms with van der Waals surface area (Å²) in [6.45, 7) is 4.36.